The van der Waals surface area contributed by atoms with Crippen LogP contribution in [0.2, 0.25) is 0 Å². The number of hydrogen-bond acceptors (Lipinski definition) is 8. The Hall–Kier alpha value is 0.506. The van der Waals surface area contributed by atoms with Crippen LogP contribution in [0, 0.1) is 0 Å². The minimum Gasteiger partial charge on any atom is -0.726 e. The summed E-state index contributed by atoms with van der Waals surface area (Å²) >= 11 is 0. The summed E-state index contributed by atoms with van der Waals surface area (Å²) < 4.78 is 68.0. The average Bonchev–Trinajstić information content (AvgIpc) is 2.52. The molecule has 0 aromatic carbocycles. The first kappa shape index (κ1) is 32.2. The molecule has 0 aliphatic carbocycles. The van der Waals surface area contributed by atoms with Gasteiger partial charge in [0.05, 0.1) is 13.2 Å². The molecule has 0 aliphatic rings. The maximum atomic E-state index is 9.99. The normalized spacial score (nSPS) is 11.4. The van der Waals surface area contributed by atoms with E-state index in [4.69, 9.17) is 0 Å². The minimum atomic E-state index is -4.47. The van der Waals surface area contributed by atoms with E-state index in [9.17, 15) is 25.9 Å². The first-order valence-corrected chi connectivity index (χ1v) is 12.0. The van der Waals surface area contributed by atoms with Gasteiger partial charge in [-0.3, -0.25) is 8.37 Å². The molecule has 0 saturated heterocycles. The van der Waals surface area contributed by atoms with Crippen LogP contribution in [0.3, 0.4) is 0 Å². The van der Waals surface area contributed by atoms with Crippen molar-refractivity contribution < 1.29 is 34.3 Å². The van der Waals surface area contributed by atoms with Gasteiger partial charge in [0.1, 0.15) is 0 Å². The first-order valence-electron chi connectivity index (χ1n) is 9.32. The maximum Gasteiger partial charge on any atom is 2.00 e. The van der Waals surface area contributed by atoms with E-state index in [2.05, 4.69) is 22.2 Å². The van der Waals surface area contributed by atoms with Gasteiger partial charge in [0.25, 0.3) is 0 Å². The molecule has 0 atom stereocenters. The smallest absolute Gasteiger partial charge is 0.726 e. The van der Waals surface area contributed by atoms with Crippen LogP contribution in [0.25, 0.3) is 0 Å². The van der Waals surface area contributed by atoms with Crippen LogP contribution in [-0.4, -0.2) is 62.2 Å². The molecule has 0 fully saturated rings. The van der Waals surface area contributed by atoms with E-state index in [1.54, 1.807) is 0 Å². The summed E-state index contributed by atoms with van der Waals surface area (Å²) in [6, 6.07) is 0. The molecule has 0 saturated carbocycles. The molecule has 0 N–H and O–H groups in total. The summed E-state index contributed by atoms with van der Waals surface area (Å²) in [7, 11) is -8.94. The Morgan fingerprint density at radius 3 is 1.07 bits per heavy atom. The Kier molecular flexibility index (Phi) is 25.3. The van der Waals surface area contributed by atoms with Crippen LogP contribution >= 0.6 is 0 Å². The zero-order chi connectivity index (χ0) is 20.3. The van der Waals surface area contributed by atoms with Crippen LogP contribution in [0.4, 0.5) is 0 Å². The summed E-state index contributed by atoms with van der Waals surface area (Å²) in [4.78, 5) is 0. The zero-order valence-electron chi connectivity index (χ0n) is 16.7. The van der Waals surface area contributed by atoms with E-state index in [1.165, 1.54) is 38.5 Å². The van der Waals surface area contributed by atoms with E-state index in [1.807, 2.05) is 0 Å². The quantitative estimate of drug-likeness (QED) is 0.154. The van der Waals surface area contributed by atoms with Crippen molar-refractivity contribution in [2.75, 3.05) is 13.2 Å². The topological polar surface area (TPSA) is 133 Å². The van der Waals surface area contributed by atoms with Crippen molar-refractivity contribution >= 4 is 43.9 Å². The molecule has 11 heteroatoms. The van der Waals surface area contributed by atoms with Gasteiger partial charge in [0, 0.05) is 0 Å². The van der Waals surface area contributed by atoms with Crippen LogP contribution < -0.4 is 0 Å². The van der Waals surface area contributed by atoms with E-state index < -0.39 is 20.8 Å². The standard InChI is InChI=1S/2C8H18O4S.Mg/c2*1-2-3-4-5-6-7-8-12-13(9,10)11;/h2*2-8H2,1H3,(H,9,10,11);/q;;+2/p-2. The fourth-order valence-electron chi connectivity index (χ4n) is 2.09. The van der Waals surface area contributed by atoms with E-state index >= 15 is 0 Å². The second-order valence-electron chi connectivity index (χ2n) is 6.00. The van der Waals surface area contributed by atoms with Crippen LogP contribution in [-0.2, 0) is 29.2 Å². The Balaban J connectivity index is -0.000000411. The second-order valence-corrected chi connectivity index (χ2v) is 8.10. The summed E-state index contributed by atoms with van der Waals surface area (Å²) in [5.74, 6) is 0. The SMILES string of the molecule is CCCCCCCCOS(=O)(=O)[O-].CCCCCCCCOS(=O)(=O)[O-].[Mg+2]. The predicted molar refractivity (Wildman–Crippen MR) is 104 cm³/mol. The van der Waals surface area contributed by atoms with Gasteiger partial charge < -0.3 is 9.11 Å². The van der Waals surface area contributed by atoms with Crippen molar-refractivity contribution in [3.63, 3.8) is 0 Å². The van der Waals surface area contributed by atoms with Gasteiger partial charge in [0.15, 0.2) is 0 Å². The van der Waals surface area contributed by atoms with Gasteiger partial charge in [-0.05, 0) is 12.8 Å². The van der Waals surface area contributed by atoms with Crippen LogP contribution in [0.5, 0.6) is 0 Å². The molecule has 0 rings (SSSR count). The molecule has 0 aromatic heterocycles. The molecule has 0 heterocycles. The molecule has 0 aromatic rings. The maximum absolute atomic E-state index is 9.99. The number of rotatable bonds is 16. The largest absolute Gasteiger partial charge is 2.00 e. The second kappa shape index (κ2) is 21.2. The third kappa shape index (κ3) is 37.9. The molecule has 0 unspecified atom stereocenters. The number of unbranched alkanes of at least 4 members (excludes halogenated alkanes) is 10. The van der Waals surface area contributed by atoms with Crippen LogP contribution in [0.1, 0.15) is 90.9 Å². The molecule has 0 bridgehead atoms. The van der Waals surface area contributed by atoms with Crippen molar-refractivity contribution in [1.82, 2.24) is 0 Å². The Labute approximate surface area is 181 Å². The molecule has 0 spiro atoms. The van der Waals surface area contributed by atoms with Gasteiger partial charge in [0.2, 0.25) is 20.8 Å². The summed E-state index contributed by atoms with van der Waals surface area (Å²) in [5, 5.41) is 0. The minimum absolute atomic E-state index is 0. The summed E-state index contributed by atoms with van der Waals surface area (Å²) in [6.45, 7) is 4.32. The van der Waals surface area contributed by atoms with Gasteiger partial charge in [-0.15, -0.1) is 0 Å². The van der Waals surface area contributed by atoms with Gasteiger partial charge >= 0.3 is 23.1 Å². The van der Waals surface area contributed by atoms with Crippen molar-refractivity contribution in [1.29, 1.82) is 0 Å². The van der Waals surface area contributed by atoms with Crippen molar-refractivity contribution in [2.45, 2.75) is 90.9 Å². The molecule has 0 aliphatic heterocycles. The molecule has 27 heavy (non-hydrogen) atoms. The third-order valence-corrected chi connectivity index (χ3v) is 4.36. The van der Waals surface area contributed by atoms with Crippen molar-refractivity contribution in [3.8, 4) is 0 Å². The van der Waals surface area contributed by atoms with Gasteiger partial charge in [-0.2, -0.15) is 0 Å². The number of hydrogen-bond donors (Lipinski definition) is 0. The van der Waals surface area contributed by atoms with Crippen molar-refractivity contribution in [3.05, 3.63) is 0 Å². The van der Waals surface area contributed by atoms with E-state index in [0.717, 1.165) is 25.7 Å². The zero-order valence-corrected chi connectivity index (χ0v) is 19.7. The molecular formula is C16H34MgO8S2. The average molecular weight is 443 g/mol. The van der Waals surface area contributed by atoms with Crippen molar-refractivity contribution in [2.24, 2.45) is 0 Å². The monoisotopic (exact) mass is 442 g/mol. The fourth-order valence-corrected chi connectivity index (χ4v) is 2.73. The van der Waals surface area contributed by atoms with E-state index in [-0.39, 0.29) is 36.3 Å². The Bertz CT molecular complexity index is 449. The fraction of sp³-hybridized carbons (Fsp3) is 1.00. The molecule has 0 amide bonds. The third-order valence-electron chi connectivity index (χ3n) is 3.45. The van der Waals surface area contributed by atoms with Crippen LogP contribution in [0.15, 0.2) is 0 Å². The predicted octanol–water partition coefficient (Wildman–Crippen LogP) is 3.27. The van der Waals surface area contributed by atoms with E-state index in [0.29, 0.717) is 12.8 Å². The Morgan fingerprint density at radius 1 is 0.556 bits per heavy atom. The molecule has 8 nitrogen and oxygen atoms in total. The Morgan fingerprint density at radius 2 is 0.815 bits per heavy atom. The summed E-state index contributed by atoms with van der Waals surface area (Å²) in [5.41, 5.74) is 0. The van der Waals surface area contributed by atoms with Gasteiger partial charge in [-0.1, -0.05) is 78.1 Å². The molecule has 160 valence electrons. The molecule has 0 radical (unpaired) electrons. The summed E-state index contributed by atoms with van der Waals surface area (Å²) in [6.07, 6.45) is 12.4. The van der Waals surface area contributed by atoms with Gasteiger partial charge in [-0.25, -0.2) is 16.8 Å². The first-order chi connectivity index (χ1) is 12.1. The molecular weight excluding hydrogens is 409 g/mol.